The van der Waals surface area contributed by atoms with Crippen molar-refractivity contribution in [1.82, 2.24) is 0 Å². The van der Waals surface area contributed by atoms with Crippen LogP contribution < -0.4 is 0 Å². The van der Waals surface area contributed by atoms with Gasteiger partial charge in [0.05, 0.1) is 0 Å². The maximum atomic E-state index is 1.62. The first kappa shape index (κ1) is 6.51. The molecular formula is C11H18. The normalized spacial score (nSPS) is 44.7. The maximum Gasteiger partial charge on any atom is -0.0380 e. The molecule has 0 atom stereocenters. The quantitative estimate of drug-likeness (QED) is 0.567. The predicted octanol–water partition coefficient (Wildman–Crippen LogP) is 3.22. The molecule has 0 aromatic carbocycles. The van der Waals surface area contributed by atoms with Crippen LogP contribution in [0.4, 0.5) is 0 Å². The van der Waals surface area contributed by atoms with E-state index in [0.29, 0.717) is 0 Å². The minimum atomic E-state index is 1.19. The second-order valence-corrected chi connectivity index (χ2v) is 5.02. The molecule has 3 aliphatic rings. The molecule has 0 heteroatoms. The molecule has 0 radical (unpaired) electrons. The van der Waals surface area contributed by atoms with Gasteiger partial charge in [0.2, 0.25) is 0 Å². The van der Waals surface area contributed by atoms with Crippen LogP contribution in [0.15, 0.2) is 0 Å². The van der Waals surface area contributed by atoms with Gasteiger partial charge in [0.25, 0.3) is 0 Å². The fraction of sp³-hybridized carbons (Fsp3) is 1.00. The lowest BCUT2D eigenvalue weighted by atomic mass is 9.61. The minimum absolute atomic E-state index is 1.19. The second-order valence-electron chi connectivity index (χ2n) is 5.02. The third-order valence-corrected chi connectivity index (χ3v) is 4.32. The summed E-state index contributed by atoms with van der Waals surface area (Å²) in [7, 11) is 0. The lowest BCUT2D eigenvalue weighted by Gasteiger charge is -2.44. The van der Waals surface area contributed by atoms with Crippen molar-refractivity contribution in [2.45, 2.75) is 44.9 Å². The van der Waals surface area contributed by atoms with Crippen LogP contribution >= 0.6 is 0 Å². The Bertz CT molecular complexity index is 147. The molecule has 0 heterocycles. The maximum absolute atomic E-state index is 1.62. The van der Waals surface area contributed by atoms with Gasteiger partial charge in [0.15, 0.2) is 0 Å². The molecular weight excluding hydrogens is 132 g/mol. The van der Waals surface area contributed by atoms with Crippen LogP contribution in [0, 0.1) is 23.7 Å². The summed E-state index contributed by atoms with van der Waals surface area (Å²) in [6.07, 6.45) is 11.1. The topological polar surface area (TPSA) is 0 Å². The van der Waals surface area contributed by atoms with Crippen molar-refractivity contribution < 1.29 is 0 Å². The molecule has 11 heavy (non-hydrogen) atoms. The van der Waals surface area contributed by atoms with Crippen LogP contribution in [0.25, 0.3) is 0 Å². The molecule has 0 aromatic rings. The van der Waals surface area contributed by atoms with Crippen LogP contribution in [0.1, 0.15) is 44.9 Å². The molecule has 0 bridgehead atoms. The van der Waals surface area contributed by atoms with E-state index in [1.165, 1.54) is 30.1 Å². The summed E-state index contributed by atoms with van der Waals surface area (Å²) in [4.78, 5) is 0. The molecule has 62 valence electrons. The smallest absolute Gasteiger partial charge is 0.0380 e. The van der Waals surface area contributed by atoms with Crippen LogP contribution in [0.3, 0.4) is 0 Å². The third-order valence-electron chi connectivity index (χ3n) is 4.32. The van der Waals surface area contributed by atoms with E-state index in [1.54, 1.807) is 38.5 Å². The lowest BCUT2D eigenvalue weighted by Crippen LogP contribution is -2.34. The molecule has 0 saturated heterocycles. The zero-order chi connectivity index (χ0) is 7.26. The average Bonchev–Trinajstić information content (AvgIpc) is 2.53. The monoisotopic (exact) mass is 150 g/mol. The van der Waals surface area contributed by atoms with Crippen molar-refractivity contribution >= 4 is 0 Å². The summed E-state index contributed by atoms with van der Waals surface area (Å²) in [5.41, 5.74) is 0. The summed E-state index contributed by atoms with van der Waals surface area (Å²) < 4.78 is 0. The Morgan fingerprint density at radius 2 is 1.09 bits per heavy atom. The van der Waals surface area contributed by atoms with Gasteiger partial charge in [-0.15, -0.1) is 0 Å². The summed E-state index contributed by atoms with van der Waals surface area (Å²) >= 11 is 0. The summed E-state index contributed by atoms with van der Waals surface area (Å²) in [5.74, 6) is 4.77. The molecule has 0 N–H and O–H groups in total. The Balaban J connectivity index is 1.47. The molecule has 3 aliphatic carbocycles. The minimum Gasteiger partial charge on any atom is -0.0528 e. The fourth-order valence-corrected chi connectivity index (χ4v) is 2.96. The Morgan fingerprint density at radius 1 is 0.545 bits per heavy atom. The van der Waals surface area contributed by atoms with Gasteiger partial charge in [-0.1, -0.05) is 19.3 Å². The van der Waals surface area contributed by atoms with E-state index in [9.17, 15) is 0 Å². The highest BCUT2D eigenvalue weighted by Crippen LogP contribution is 2.54. The van der Waals surface area contributed by atoms with E-state index in [0.717, 1.165) is 0 Å². The summed E-state index contributed by atoms with van der Waals surface area (Å²) in [6, 6.07) is 0. The van der Waals surface area contributed by atoms with Crippen molar-refractivity contribution in [2.24, 2.45) is 23.7 Å². The Kier molecular flexibility index (Phi) is 1.33. The van der Waals surface area contributed by atoms with Gasteiger partial charge < -0.3 is 0 Å². The zero-order valence-corrected chi connectivity index (χ0v) is 7.26. The Morgan fingerprint density at radius 3 is 1.45 bits per heavy atom. The summed E-state index contributed by atoms with van der Waals surface area (Å²) in [6.45, 7) is 0. The number of hydrogen-bond donors (Lipinski definition) is 0. The molecule has 0 aromatic heterocycles. The van der Waals surface area contributed by atoms with Gasteiger partial charge in [-0.25, -0.2) is 0 Å². The Labute approximate surface area is 69.4 Å². The fourth-order valence-electron chi connectivity index (χ4n) is 2.96. The van der Waals surface area contributed by atoms with Crippen molar-refractivity contribution in [3.05, 3.63) is 0 Å². The second kappa shape index (κ2) is 2.24. The summed E-state index contributed by atoms with van der Waals surface area (Å²) in [5, 5.41) is 0. The van der Waals surface area contributed by atoms with Crippen LogP contribution in [-0.4, -0.2) is 0 Å². The molecule has 3 rings (SSSR count). The standard InChI is InChI=1S/C11H18/c1-2-8(3-1)10-6-11(7-10)9-4-5-9/h8-11H,1-7H2. The molecule has 3 fully saturated rings. The molecule has 0 nitrogen and oxygen atoms in total. The van der Waals surface area contributed by atoms with Gasteiger partial charge in [0.1, 0.15) is 0 Å². The van der Waals surface area contributed by atoms with E-state index >= 15 is 0 Å². The Hall–Kier alpha value is 0. The van der Waals surface area contributed by atoms with Crippen molar-refractivity contribution in [3.8, 4) is 0 Å². The van der Waals surface area contributed by atoms with E-state index < -0.39 is 0 Å². The highest BCUT2D eigenvalue weighted by molar-refractivity contribution is 4.94. The highest BCUT2D eigenvalue weighted by Gasteiger charge is 2.43. The zero-order valence-electron chi connectivity index (χ0n) is 7.26. The van der Waals surface area contributed by atoms with Crippen molar-refractivity contribution in [3.63, 3.8) is 0 Å². The lowest BCUT2D eigenvalue weighted by molar-refractivity contribution is 0.0627. The first-order chi connectivity index (χ1) is 5.43. The SMILES string of the molecule is C1CC(C2CC(C3CC3)C2)C1. The van der Waals surface area contributed by atoms with E-state index in [1.807, 2.05) is 0 Å². The molecule has 3 saturated carbocycles. The van der Waals surface area contributed by atoms with E-state index in [4.69, 9.17) is 0 Å². The van der Waals surface area contributed by atoms with Gasteiger partial charge >= 0.3 is 0 Å². The van der Waals surface area contributed by atoms with E-state index in [2.05, 4.69) is 0 Å². The van der Waals surface area contributed by atoms with E-state index in [-0.39, 0.29) is 0 Å². The average molecular weight is 150 g/mol. The van der Waals surface area contributed by atoms with Gasteiger partial charge in [-0.2, -0.15) is 0 Å². The van der Waals surface area contributed by atoms with Crippen LogP contribution in [-0.2, 0) is 0 Å². The molecule has 0 amide bonds. The first-order valence-corrected chi connectivity index (χ1v) is 5.43. The number of rotatable bonds is 2. The third kappa shape index (κ3) is 1.02. The molecule has 0 spiro atoms. The van der Waals surface area contributed by atoms with Crippen molar-refractivity contribution in [1.29, 1.82) is 0 Å². The first-order valence-electron chi connectivity index (χ1n) is 5.43. The number of hydrogen-bond acceptors (Lipinski definition) is 0. The largest absolute Gasteiger partial charge is 0.0528 e. The predicted molar refractivity (Wildman–Crippen MR) is 46.3 cm³/mol. The van der Waals surface area contributed by atoms with Crippen LogP contribution in [0.5, 0.6) is 0 Å². The molecule has 0 unspecified atom stereocenters. The van der Waals surface area contributed by atoms with Crippen LogP contribution in [0.2, 0.25) is 0 Å². The van der Waals surface area contributed by atoms with Crippen molar-refractivity contribution in [2.75, 3.05) is 0 Å². The van der Waals surface area contributed by atoms with Gasteiger partial charge in [-0.3, -0.25) is 0 Å². The van der Waals surface area contributed by atoms with Gasteiger partial charge in [0, 0.05) is 0 Å². The highest BCUT2D eigenvalue weighted by atomic mass is 14.5. The van der Waals surface area contributed by atoms with Gasteiger partial charge in [-0.05, 0) is 49.4 Å². The molecule has 0 aliphatic heterocycles.